The lowest BCUT2D eigenvalue weighted by Crippen LogP contribution is -2.22. The number of hydrogen-bond donors (Lipinski definition) is 0. The molecule has 0 saturated heterocycles. The molecule has 27 heavy (non-hydrogen) atoms. The van der Waals surface area contributed by atoms with Gasteiger partial charge in [-0.05, 0) is 0 Å². The average Bonchev–Trinajstić information content (AvgIpc) is 2.62. The Hall–Kier alpha value is -2.99. The molecule has 0 spiro atoms. The van der Waals surface area contributed by atoms with Gasteiger partial charge in [-0.2, -0.15) is 0 Å². The van der Waals surface area contributed by atoms with E-state index in [1.807, 2.05) is 12.5 Å². The third-order valence-corrected chi connectivity index (χ3v) is 4.71. The topological polar surface area (TPSA) is 86.3 Å². The van der Waals surface area contributed by atoms with E-state index in [0.29, 0.717) is 17.5 Å². The Balaban J connectivity index is 1.87. The molecule has 0 N–H and O–H groups in total. The molecule has 1 atom stereocenters. The van der Waals surface area contributed by atoms with Gasteiger partial charge in [0, 0.05) is 42.5 Å². The van der Waals surface area contributed by atoms with Gasteiger partial charge in [0.2, 0.25) is 0 Å². The first-order chi connectivity index (χ1) is 12.9. The summed E-state index contributed by atoms with van der Waals surface area (Å²) in [5.74, 6) is 0. The largest absolute Gasteiger partial charge is 0.272 e. The molecule has 3 rings (SSSR count). The summed E-state index contributed by atoms with van der Waals surface area (Å²) in [7, 11) is 0. The van der Waals surface area contributed by atoms with E-state index in [-0.39, 0.29) is 17.8 Å². The molecular formula is C20H16ClN2O4. The van der Waals surface area contributed by atoms with Gasteiger partial charge in [-0.3, -0.25) is 20.2 Å². The minimum absolute atomic E-state index is 0.0223. The number of para-hydroxylation sites is 2. The normalized spacial score (nSPS) is 18.8. The fourth-order valence-electron chi connectivity index (χ4n) is 3.14. The summed E-state index contributed by atoms with van der Waals surface area (Å²) in [6, 6.07) is 13.0. The first-order valence-electron chi connectivity index (χ1n) is 8.26. The van der Waals surface area contributed by atoms with Gasteiger partial charge in [-0.25, -0.2) is 0 Å². The third kappa shape index (κ3) is 4.41. The van der Waals surface area contributed by atoms with Gasteiger partial charge >= 0.3 is 0 Å². The van der Waals surface area contributed by atoms with Crippen molar-refractivity contribution >= 4 is 23.0 Å². The van der Waals surface area contributed by atoms with Crippen molar-refractivity contribution in [2.75, 3.05) is 0 Å². The minimum atomic E-state index is -0.931. The fraction of sp³-hybridized carbons (Fsp3) is 0.150. The standard InChI is InChI=1S/C20H16ClN2O4/c21-20(14-17-8-2-4-10-19(17)23(26)27)11-5-6-15(13-20)12-16-7-1-3-9-18(16)22(24)25/h1-11,13H,12,14H2. The molecule has 6 nitrogen and oxygen atoms in total. The van der Waals surface area contributed by atoms with E-state index in [1.165, 1.54) is 12.1 Å². The molecule has 0 saturated carbocycles. The van der Waals surface area contributed by atoms with Crippen LogP contribution in [-0.2, 0) is 12.8 Å². The molecule has 1 aliphatic carbocycles. The number of halogens is 1. The summed E-state index contributed by atoms with van der Waals surface area (Å²) >= 11 is 6.71. The van der Waals surface area contributed by atoms with Crippen LogP contribution in [0.4, 0.5) is 11.4 Å². The van der Waals surface area contributed by atoms with Gasteiger partial charge in [0.05, 0.1) is 14.7 Å². The van der Waals surface area contributed by atoms with Crippen LogP contribution in [-0.4, -0.2) is 14.7 Å². The molecule has 2 aromatic rings. The summed E-state index contributed by atoms with van der Waals surface area (Å²) in [4.78, 5) is 20.7. The Kier molecular flexibility index (Phi) is 5.37. The number of nitro groups is 2. The van der Waals surface area contributed by atoms with Gasteiger partial charge in [0.1, 0.15) is 0 Å². The van der Waals surface area contributed by atoms with E-state index in [1.54, 1.807) is 48.6 Å². The molecule has 0 heterocycles. The van der Waals surface area contributed by atoms with E-state index in [4.69, 9.17) is 11.6 Å². The average molecular weight is 384 g/mol. The number of alkyl halides is 1. The zero-order valence-electron chi connectivity index (χ0n) is 14.2. The predicted octanol–water partition coefficient (Wildman–Crippen LogP) is 4.97. The van der Waals surface area contributed by atoms with E-state index in [9.17, 15) is 20.2 Å². The minimum Gasteiger partial charge on any atom is -0.258 e. The lowest BCUT2D eigenvalue weighted by atomic mass is 9.87. The second-order valence-corrected chi connectivity index (χ2v) is 7.00. The number of allylic oxidation sites excluding steroid dienone is 4. The van der Waals surface area contributed by atoms with Crippen LogP contribution >= 0.6 is 11.6 Å². The number of nitro benzene ring substituents is 2. The van der Waals surface area contributed by atoms with Crippen molar-refractivity contribution in [3.05, 3.63) is 110 Å². The number of nitrogens with zero attached hydrogens (tertiary/aromatic N) is 2. The van der Waals surface area contributed by atoms with Crippen molar-refractivity contribution in [1.29, 1.82) is 0 Å². The van der Waals surface area contributed by atoms with Gasteiger partial charge < -0.3 is 0 Å². The molecule has 1 aliphatic rings. The molecule has 0 amide bonds. The Morgan fingerprint density at radius 1 is 0.889 bits per heavy atom. The van der Waals surface area contributed by atoms with Crippen LogP contribution in [0.2, 0.25) is 0 Å². The molecule has 0 bridgehead atoms. The molecule has 1 unspecified atom stereocenters. The maximum Gasteiger partial charge on any atom is 0.272 e. The highest BCUT2D eigenvalue weighted by atomic mass is 35.5. The highest BCUT2D eigenvalue weighted by Gasteiger charge is 2.29. The van der Waals surface area contributed by atoms with Gasteiger partial charge in [-0.15, -0.1) is 11.6 Å². The highest BCUT2D eigenvalue weighted by Crippen LogP contribution is 2.34. The maximum absolute atomic E-state index is 11.2. The van der Waals surface area contributed by atoms with Crippen LogP contribution in [0.5, 0.6) is 0 Å². The Morgan fingerprint density at radius 2 is 1.44 bits per heavy atom. The molecule has 7 heteroatoms. The van der Waals surface area contributed by atoms with Gasteiger partial charge in [-0.1, -0.05) is 60.2 Å². The summed E-state index contributed by atoms with van der Waals surface area (Å²) in [5.41, 5.74) is 2.02. The third-order valence-electron chi connectivity index (χ3n) is 4.34. The second kappa shape index (κ2) is 7.72. The highest BCUT2D eigenvalue weighted by molar-refractivity contribution is 6.27. The zero-order chi connectivity index (χ0) is 19.4. The number of benzene rings is 2. The van der Waals surface area contributed by atoms with E-state index in [0.717, 1.165) is 5.57 Å². The summed E-state index contributed by atoms with van der Waals surface area (Å²) in [6.45, 7) is 0. The molecule has 0 aliphatic heterocycles. The van der Waals surface area contributed by atoms with E-state index in [2.05, 4.69) is 0 Å². The van der Waals surface area contributed by atoms with Gasteiger partial charge in [0.25, 0.3) is 11.4 Å². The van der Waals surface area contributed by atoms with Crippen molar-refractivity contribution in [3.8, 4) is 0 Å². The van der Waals surface area contributed by atoms with Crippen molar-refractivity contribution < 1.29 is 9.85 Å². The van der Waals surface area contributed by atoms with Crippen molar-refractivity contribution in [3.63, 3.8) is 0 Å². The van der Waals surface area contributed by atoms with Crippen LogP contribution in [0, 0.1) is 26.6 Å². The molecule has 0 aromatic heterocycles. The maximum atomic E-state index is 11.2. The molecule has 137 valence electrons. The number of hydrogen-bond acceptors (Lipinski definition) is 4. The summed E-state index contributed by atoms with van der Waals surface area (Å²) in [5, 5.41) is 22.4. The Morgan fingerprint density at radius 3 is 2.07 bits per heavy atom. The van der Waals surface area contributed by atoms with E-state index >= 15 is 0 Å². The lowest BCUT2D eigenvalue weighted by Gasteiger charge is -2.24. The molecule has 0 fully saturated rings. The Bertz CT molecular complexity index is 955. The molecule has 2 aromatic carbocycles. The summed E-state index contributed by atoms with van der Waals surface area (Å²) in [6.07, 6.45) is 7.81. The SMILES string of the molecule is O=[N+]([O-])c1ccccc1CC1=CC(Cl)(Cc2ccccc2[N+](=O)[O-])C=C[CH]1. The molecule has 1 radical (unpaired) electrons. The fourth-order valence-corrected chi connectivity index (χ4v) is 3.50. The van der Waals surface area contributed by atoms with Crippen molar-refractivity contribution in [2.45, 2.75) is 17.7 Å². The van der Waals surface area contributed by atoms with Crippen molar-refractivity contribution in [1.82, 2.24) is 0 Å². The zero-order valence-corrected chi connectivity index (χ0v) is 15.0. The van der Waals surface area contributed by atoms with E-state index < -0.39 is 14.7 Å². The van der Waals surface area contributed by atoms with Crippen LogP contribution in [0.15, 0.2) is 72.3 Å². The second-order valence-electron chi connectivity index (χ2n) is 6.30. The monoisotopic (exact) mass is 383 g/mol. The quantitative estimate of drug-likeness (QED) is 0.400. The molecular weight excluding hydrogens is 368 g/mol. The predicted molar refractivity (Wildman–Crippen MR) is 104 cm³/mol. The smallest absolute Gasteiger partial charge is 0.258 e. The summed E-state index contributed by atoms with van der Waals surface area (Å²) < 4.78 is 0. The lowest BCUT2D eigenvalue weighted by molar-refractivity contribution is -0.385. The Labute approximate surface area is 161 Å². The van der Waals surface area contributed by atoms with Crippen LogP contribution in [0.3, 0.4) is 0 Å². The first-order valence-corrected chi connectivity index (χ1v) is 8.63. The van der Waals surface area contributed by atoms with Crippen LogP contribution in [0.1, 0.15) is 11.1 Å². The van der Waals surface area contributed by atoms with Gasteiger partial charge in [0.15, 0.2) is 0 Å². The first kappa shape index (κ1) is 18.8. The van der Waals surface area contributed by atoms with Crippen LogP contribution in [0.25, 0.3) is 0 Å². The van der Waals surface area contributed by atoms with Crippen molar-refractivity contribution in [2.24, 2.45) is 0 Å². The number of rotatable bonds is 6. The van der Waals surface area contributed by atoms with Crippen LogP contribution < -0.4 is 0 Å².